The number of ether oxygens (including phenoxy) is 3. The molecule has 1 fully saturated rings. The first-order valence-corrected chi connectivity index (χ1v) is 14.1. The number of nitrogens with zero attached hydrogens (tertiary/aromatic N) is 2. The molecule has 1 heterocycles. The summed E-state index contributed by atoms with van der Waals surface area (Å²) >= 11 is 0. The van der Waals surface area contributed by atoms with Crippen molar-refractivity contribution >= 4 is 0 Å². The van der Waals surface area contributed by atoms with Gasteiger partial charge in [0.2, 0.25) is 5.75 Å². The third kappa shape index (κ3) is 9.33. The van der Waals surface area contributed by atoms with Crippen molar-refractivity contribution in [2.45, 2.75) is 77.8 Å². The minimum Gasteiger partial charge on any atom is -0.493 e. The maximum Gasteiger partial charge on any atom is 0.203 e. The number of benzene rings is 2. The van der Waals surface area contributed by atoms with Gasteiger partial charge in [-0.2, -0.15) is 0 Å². The summed E-state index contributed by atoms with van der Waals surface area (Å²) in [6.07, 6.45) is 11.8. The Labute approximate surface area is 219 Å². The van der Waals surface area contributed by atoms with Crippen LogP contribution in [0.1, 0.15) is 75.8 Å². The van der Waals surface area contributed by atoms with Gasteiger partial charge < -0.3 is 14.2 Å². The van der Waals surface area contributed by atoms with E-state index in [1.807, 2.05) is 6.07 Å². The number of methoxy groups -OCH3 is 2. The fourth-order valence-corrected chi connectivity index (χ4v) is 5.00. The maximum absolute atomic E-state index is 6.36. The summed E-state index contributed by atoms with van der Waals surface area (Å²) in [7, 11) is 3.39. The quantitative estimate of drug-likeness (QED) is 0.222. The smallest absolute Gasteiger partial charge is 0.203 e. The lowest BCUT2D eigenvalue weighted by Gasteiger charge is -2.35. The van der Waals surface area contributed by atoms with Crippen molar-refractivity contribution in [3.05, 3.63) is 53.6 Å². The Kier molecular flexibility index (Phi) is 13.0. The molecule has 200 valence electrons. The summed E-state index contributed by atoms with van der Waals surface area (Å²) in [5, 5.41) is 0. The second kappa shape index (κ2) is 16.5. The number of piperazine rings is 1. The van der Waals surface area contributed by atoms with E-state index in [1.165, 1.54) is 62.5 Å². The summed E-state index contributed by atoms with van der Waals surface area (Å²) in [5.41, 5.74) is 2.57. The molecule has 0 radical (unpaired) electrons. The fourth-order valence-electron chi connectivity index (χ4n) is 5.00. The highest BCUT2D eigenvalue weighted by Gasteiger charge is 2.22. The first-order chi connectivity index (χ1) is 17.7. The number of hydrogen-bond acceptors (Lipinski definition) is 5. The van der Waals surface area contributed by atoms with Gasteiger partial charge in [0.25, 0.3) is 0 Å². The van der Waals surface area contributed by atoms with Crippen LogP contribution in [0.15, 0.2) is 42.5 Å². The van der Waals surface area contributed by atoms with Gasteiger partial charge >= 0.3 is 0 Å². The number of hydrogen-bond donors (Lipinski definition) is 0. The molecule has 0 saturated carbocycles. The van der Waals surface area contributed by atoms with Crippen LogP contribution < -0.4 is 14.2 Å². The van der Waals surface area contributed by atoms with Crippen molar-refractivity contribution in [3.8, 4) is 17.2 Å². The average molecular weight is 497 g/mol. The molecule has 5 nitrogen and oxygen atoms in total. The predicted octanol–water partition coefficient (Wildman–Crippen LogP) is 6.93. The van der Waals surface area contributed by atoms with Crippen molar-refractivity contribution in [2.75, 3.05) is 47.0 Å². The molecule has 0 unspecified atom stereocenters. The Morgan fingerprint density at radius 2 is 1.25 bits per heavy atom. The van der Waals surface area contributed by atoms with Crippen molar-refractivity contribution < 1.29 is 14.2 Å². The highest BCUT2D eigenvalue weighted by molar-refractivity contribution is 5.55. The molecule has 0 amide bonds. The minimum absolute atomic E-state index is 0.716. The van der Waals surface area contributed by atoms with E-state index in [0.717, 1.165) is 63.8 Å². The molecule has 0 atom stereocenters. The molecule has 2 aromatic rings. The van der Waals surface area contributed by atoms with Gasteiger partial charge in [0.15, 0.2) is 11.5 Å². The van der Waals surface area contributed by atoms with Crippen LogP contribution in [0.2, 0.25) is 0 Å². The van der Waals surface area contributed by atoms with Gasteiger partial charge in [-0.05, 0) is 18.1 Å². The molecule has 36 heavy (non-hydrogen) atoms. The topological polar surface area (TPSA) is 34.2 Å². The summed E-state index contributed by atoms with van der Waals surface area (Å²) in [6, 6.07) is 14.9. The second-order valence-corrected chi connectivity index (χ2v) is 10.0. The van der Waals surface area contributed by atoms with Crippen LogP contribution in [0.4, 0.5) is 0 Å². The van der Waals surface area contributed by atoms with Crippen molar-refractivity contribution in [1.29, 1.82) is 0 Å². The van der Waals surface area contributed by atoms with Gasteiger partial charge in [-0.1, -0.05) is 94.7 Å². The summed E-state index contributed by atoms with van der Waals surface area (Å²) < 4.78 is 17.7. The van der Waals surface area contributed by atoms with Crippen LogP contribution in [0, 0.1) is 0 Å². The SMILES string of the molecule is CCCCCCCCCCCOc1c(CN2CCN(Cc3ccccc3)CC2)ccc(OC)c1OC. The number of rotatable bonds is 17. The van der Waals surface area contributed by atoms with E-state index < -0.39 is 0 Å². The zero-order valence-corrected chi connectivity index (χ0v) is 23.0. The van der Waals surface area contributed by atoms with Crippen molar-refractivity contribution in [3.63, 3.8) is 0 Å². The lowest BCUT2D eigenvalue weighted by molar-refractivity contribution is 0.120. The third-order valence-corrected chi connectivity index (χ3v) is 7.18. The van der Waals surface area contributed by atoms with E-state index in [4.69, 9.17) is 14.2 Å². The van der Waals surface area contributed by atoms with Crippen molar-refractivity contribution in [1.82, 2.24) is 9.80 Å². The largest absolute Gasteiger partial charge is 0.493 e. The molecule has 0 spiro atoms. The molecule has 0 bridgehead atoms. The second-order valence-electron chi connectivity index (χ2n) is 10.0. The van der Waals surface area contributed by atoms with Crippen LogP contribution >= 0.6 is 0 Å². The predicted molar refractivity (Wildman–Crippen MR) is 149 cm³/mol. The van der Waals surface area contributed by atoms with Crippen LogP contribution in [-0.4, -0.2) is 56.8 Å². The zero-order chi connectivity index (χ0) is 25.4. The first-order valence-electron chi connectivity index (χ1n) is 14.1. The first kappa shape index (κ1) is 28.3. The van der Waals surface area contributed by atoms with Gasteiger partial charge in [0.05, 0.1) is 20.8 Å². The van der Waals surface area contributed by atoms with E-state index in [1.54, 1.807) is 14.2 Å². The normalized spacial score (nSPS) is 14.6. The molecule has 0 N–H and O–H groups in total. The van der Waals surface area contributed by atoms with E-state index >= 15 is 0 Å². The highest BCUT2D eigenvalue weighted by Crippen LogP contribution is 2.40. The van der Waals surface area contributed by atoms with E-state index in [0.29, 0.717) is 5.75 Å². The van der Waals surface area contributed by atoms with Crippen LogP contribution in [0.5, 0.6) is 17.2 Å². The van der Waals surface area contributed by atoms with Crippen molar-refractivity contribution in [2.24, 2.45) is 0 Å². The van der Waals surface area contributed by atoms with Gasteiger partial charge in [0, 0.05) is 44.8 Å². The lowest BCUT2D eigenvalue weighted by Crippen LogP contribution is -2.45. The molecule has 1 aliphatic heterocycles. The zero-order valence-electron chi connectivity index (χ0n) is 23.0. The Morgan fingerprint density at radius 3 is 1.86 bits per heavy atom. The monoisotopic (exact) mass is 496 g/mol. The molecular weight excluding hydrogens is 448 g/mol. The summed E-state index contributed by atoms with van der Waals surface area (Å²) in [5.74, 6) is 2.30. The molecule has 0 aromatic heterocycles. The van der Waals surface area contributed by atoms with Crippen LogP contribution in [-0.2, 0) is 13.1 Å². The van der Waals surface area contributed by atoms with E-state index in [9.17, 15) is 0 Å². The standard InChI is InChI=1S/C31H48N2O3/c1-4-5-6-7-8-9-10-11-15-24-36-30-28(18-19-29(34-2)31(30)35-3)26-33-22-20-32(21-23-33)25-27-16-13-12-14-17-27/h12-14,16-19H,4-11,15,20-26H2,1-3H3. The molecule has 0 aliphatic carbocycles. The molecular formula is C31H48N2O3. The third-order valence-electron chi connectivity index (χ3n) is 7.18. The van der Waals surface area contributed by atoms with Gasteiger partial charge in [0.1, 0.15) is 0 Å². The van der Waals surface area contributed by atoms with E-state index in [-0.39, 0.29) is 0 Å². The Balaban J connectivity index is 1.48. The van der Waals surface area contributed by atoms with E-state index in [2.05, 4.69) is 53.1 Å². The minimum atomic E-state index is 0.716. The maximum atomic E-state index is 6.36. The molecule has 1 saturated heterocycles. The molecule has 1 aliphatic rings. The average Bonchev–Trinajstić information content (AvgIpc) is 2.91. The lowest BCUT2D eigenvalue weighted by atomic mass is 10.1. The van der Waals surface area contributed by atoms with Gasteiger partial charge in [-0.15, -0.1) is 0 Å². The Hall–Kier alpha value is -2.24. The Bertz CT molecular complexity index is 850. The molecule has 3 rings (SSSR count). The summed E-state index contributed by atoms with van der Waals surface area (Å²) in [6.45, 7) is 9.16. The van der Waals surface area contributed by atoms with Gasteiger partial charge in [-0.25, -0.2) is 0 Å². The van der Waals surface area contributed by atoms with Crippen LogP contribution in [0.25, 0.3) is 0 Å². The fraction of sp³-hybridized carbons (Fsp3) is 0.613. The Morgan fingerprint density at radius 1 is 0.639 bits per heavy atom. The highest BCUT2D eigenvalue weighted by atomic mass is 16.5. The summed E-state index contributed by atoms with van der Waals surface area (Å²) in [4.78, 5) is 5.07. The molecule has 2 aromatic carbocycles. The van der Waals surface area contributed by atoms with Crippen LogP contribution in [0.3, 0.4) is 0 Å². The van der Waals surface area contributed by atoms with Gasteiger partial charge in [-0.3, -0.25) is 9.80 Å². The number of unbranched alkanes of at least 4 members (excludes halogenated alkanes) is 8. The molecule has 5 heteroatoms.